The number of cyclic esters (lactones) is 1. The van der Waals surface area contributed by atoms with Gasteiger partial charge in [-0.3, -0.25) is 4.90 Å². The van der Waals surface area contributed by atoms with Gasteiger partial charge < -0.3 is 14.2 Å². The molecule has 142 valence electrons. The number of halogens is 1. The number of rotatable bonds is 3. The second kappa shape index (κ2) is 6.83. The molecule has 0 atom stereocenters. The Hall–Kier alpha value is -3.06. The summed E-state index contributed by atoms with van der Waals surface area (Å²) in [4.78, 5) is 20.3. The lowest BCUT2D eigenvalue weighted by atomic mass is 9.97. The number of carbonyl (C=O) groups excluding carboxylic acids is 1. The van der Waals surface area contributed by atoms with Crippen molar-refractivity contribution < 1.29 is 14.1 Å². The fraction of sp³-hybridized carbons (Fsp3) is 0.250. The van der Waals surface area contributed by atoms with Gasteiger partial charge in [-0.05, 0) is 35.7 Å². The fourth-order valence-corrected chi connectivity index (χ4v) is 3.90. The lowest BCUT2D eigenvalue weighted by Crippen LogP contribution is -2.33. The zero-order valence-corrected chi connectivity index (χ0v) is 15.7. The van der Waals surface area contributed by atoms with Crippen LogP contribution >= 0.6 is 11.6 Å². The van der Waals surface area contributed by atoms with Crippen molar-refractivity contribution in [2.24, 2.45) is 0 Å². The van der Waals surface area contributed by atoms with Gasteiger partial charge in [-0.2, -0.15) is 4.98 Å². The third-order valence-electron chi connectivity index (χ3n) is 5.06. The van der Waals surface area contributed by atoms with E-state index in [0.717, 1.165) is 29.8 Å². The van der Waals surface area contributed by atoms with E-state index in [9.17, 15) is 4.79 Å². The van der Waals surface area contributed by atoms with Gasteiger partial charge in [0.15, 0.2) is 0 Å². The van der Waals surface area contributed by atoms with Crippen molar-refractivity contribution in [3.8, 4) is 11.4 Å². The summed E-state index contributed by atoms with van der Waals surface area (Å²) >= 11 is 6.05. The average molecular weight is 397 g/mol. The first-order chi connectivity index (χ1) is 13.7. The number of nitrogens with zero attached hydrogens (tertiary/aromatic N) is 4. The highest BCUT2D eigenvalue weighted by Gasteiger charge is 2.29. The molecule has 2 aromatic carbocycles. The van der Waals surface area contributed by atoms with E-state index >= 15 is 0 Å². The van der Waals surface area contributed by atoms with Crippen LogP contribution in [0.4, 0.5) is 16.5 Å². The Morgan fingerprint density at radius 3 is 2.82 bits per heavy atom. The van der Waals surface area contributed by atoms with E-state index in [2.05, 4.69) is 21.1 Å². The maximum atomic E-state index is 12.0. The summed E-state index contributed by atoms with van der Waals surface area (Å²) in [6, 6.07) is 13.9. The summed E-state index contributed by atoms with van der Waals surface area (Å²) in [6.45, 7) is 2.39. The van der Waals surface area contributed by atoms with E-state index in [1.54, 1.807) is 11.0 Å². The molecule has 0 bridgehead atoms. The molecule has 0 aliphatic carbocycles. The molecule has 7 nitrogen and oxygen atoms in total. The van der Waals surface area contributed by atoms with Gasteiger partial charge >= 0.3 is 12.1 Å². The third kappa shape index (κ3) is 2.97. The zero-order valence-electron chi connectivity index (χ0n) is 15.0. The van der Waals surface area contributed by atoms with Gasteiger partial charge in [0.25, 0.3) is 0 Å². The van der Waals surface area contributed by atoms with Crippen molar-refractivity contribution in [2.45, 2.75) is 13.0 Å². The molecular formula is C20H17ClN4O3. The van der Waals surface area contributed by atoms with E-state index in [-0.39, 0.29) is 6.09 Å². The van der Waals surface area contributed by atoms with E-state index in [1.807, 2.05) is 30.3 Å². The van der Waals surface area contributed by atoms with Gasteiger partial charge in [0.2, 0.25) is 5.82 Å². The summed E-state index contributed by atoms with van der Waals surface area (Å²) in [5, 5.41) is 4.72. The quantitative estimate of drug-likeness (QED) is 0.668. The summed E-state index contributed by atoms with van der Waals surface area (Å²) in [7, 11) is 0. The highest BCUT2D eigenvalue weighted by Crippen LogP contribution is 2.32. The number of ether oxygens (including phenoxy) is 1. The molecule has 0 unspecified atom stereocenters. The Morgan fingerprint density at radius 1 is 1.11 bits per heavy atom. The summed E-state index contributed by atoms with van der Waals surface area (Å²) in [6.07, 6.45) is 0.503. The molecule has 2 aliphatic rings. The van der Waals surface area contributed by atoms with E-state index in [4.69, 9.17) is 20.9 Å². The van der Waals surface area contributed by atoms with Crippen LogP contribution in [0, 0.1) is 0 Å². The zero-order chi connectivity index (χ0) is 19.1. The standard InChI is InChI=1S/C20H17ClN4O3/c21-15-5-1-3-13(11-15)18-22-19(28-23-18)24-8-7-16-14(12-24)4-2-6-17(16)25-9-10-27-20(25)26/h1-6,11H,7-10,12H2. The Morgan fingerprint density at radius 2 is 2.00 bits per heavy atom. The minimum absolute atomic E-state index is 0.279. The van der Waals surface area contributed by atoms with Gasteiger partial charge in [-0.15, -0.1) is 0 Å². The van der Waals surface area contributed by atoms with Crippen molar-refractivity contribution in [3.63, 3.8) is 0 Å². The first kappa shape index (κ1) is 17.1. The first-order valence-electron chi connectivity index (χ1n) is 9.09. The number of aromatic nitrogens is 2. The van der Waals surface area contributed by atoms with Crippen LogP contribution in [-0.4, -0.2) is 35.9 Å². The highest BCUT2D eigenvalue weighted by atomic mass is 35.5. The Bertz CT molecular complexity index is 1050. The molecule has 1 saturated heterocycles. The van der Waals surface area contributed by atoms with Gasteiger partial charge in [-0.1, -0.05) is 41.0 Å². The van der Waals surface area contributed by atoms with Crippen molar-refractivity contribution in [1.29, 1.82) is 0 Å². The van der Waals surface area contributed by atoms with Crippen molar-refractivity contribution in [1.82, 2.24) is 10.1 Å². The topological polar surface area (TPSA) is 71.7 Å². The molecule has 1 aromatic heterocycles. The van der Waals surface area contributed by atoms with Crippen LogP contribution in [0.25, 0.3) is 11.4 Å². The highest BCUT2D eigenvalue weighted by molar-refractivity contribution is 6.30. The largest absolute Gasteiger partial charge is 0.447 e. The molecule has 3 aromatic rings. The van der Waals surface area contributed by atoms with Gasteiger partial charge in [0.05, 0.1) is 12.2 Å². The second-order valence-electron chi connectivity index (χ2n) is 6.76. The molecular weight excluding hydrogens is 380 g/mol. The molecule has 0 N–H and O–H groups in total. The van der Waals surface area contributed by atoms with Crippen LogP contribution in [0.1, 0.15) is 11.1 Å². The van der Waals surface area contributed by atoms with E-state index in [0.29, 0.717) is 36.6 Å². The predicted molar refractivity (Wildman–Crippen MR) is 105 cm³/mol. The maximum absolute atomic E-state index is 12.0. The SMILES string of the molecule is O=C1OCCN1c1cccc2c1CCN(c1nc(-c3cccc(Cl)c3)no1)C2. The van der Waals surface area contributed by atoms with Gasteiger partial charge in [-0.25, -0.2) is 4.79 Å². The number of amides is 1. The Kier molecular flexibility index (Phi) is 4.16. The number of hydrogen-bond donors (Lipinski definition) is 0. The number of benzene rings is 2. The van der Waals surface area contributed by atoms with E-state index < -0.39 is 0 Å². The van der Waals surface area contributed by atoms with Gasteiger partial charge in [0, 0.05) is 23.7 Å². The van der Waals surface area contributed by atoms with Crippen LogP contribution < -0.4 is 9.80 Å². The summed E-state index contributed by atoms with van der Waals surface area (Å²) < 4.78 is 10.6. The lowest BCUT2D eigenvalue weighted by molar-refractivity contribution is 0.181. The fourth-order valence-electron chi connectivity index (χ4n) is 3.71. The minimum atomic E-state index is -0.279. The van der Waals surface area contributed by atoms with Crippen LogP contribution in [0.15, 0.2) is 47.0 Å². The summed E-state index contributed by atoms with van der Waals surface area (Å²) in [5.74, 6) is 0.511. The Balaban J connectivity index is 1.40. The number of fused-ring (bicyclic) bond motifs is 1. The molecule has 0 radical (unpaired) electrons. The monoisotopic (exact) mass is 396 g/mol. The number of carbonyl (C=O) groups is 1. The van der Waals surface area contributed by atoms with Gasteiger partial charge in [0.1, 0.15) is 6.61 Å². The number of hydrogen-bond acceptors (Lipinski definition) is 6. The van der Waals surface area contributed by atoms with Crippen LogP contribution in [-0.2, 0) is 17.7 Å². The van der Waals surface area contributed by atoms with Crippen LogP contribution in [0.3, 0.4) is 0 Å². The van der Waals surface area contributed by atoms with Crippen molar-refractivity contribution in [2.75, 3.05) is 29.5 Å². The Labute approximate surface area is 166 Å². The maximum Gasteiger partial charge on any atom is 0.414 e. The molecule has 8 heteroatoms. The van der Waals surface area contributed by atoms with Crippen molar-refractivity contribution in [3.05, 3.63) is 58.6 Å². The number of anilines is 2. The minimum Gasteiger partial charge on any atom is -0.447 e. The van der Waals surface area contributed by atoms with E-state index in [1.165, 1.54) is 5.56 Å². The van der Waals surface area contributed by atoms with Crippen molar-refractivity contribution >= 4 is 29.4 Å². The normalized spacial score (nSPS) is 16.2. The molecule has 0 spiro atoms. The predicted octanol–water partition coefficient (Wildman–Crippen LogP) is 3.91. The smallest absolute Gasteiger partial charge is 0.414 e. The lowest BCUT2D eigenvalue weighted by Gasteiger charge is -2.29. The first-order valence-corrected chi connectivity index (χ1v) is 9.46. The average Bonchev–Trinajstić information content (AvgIpc) is 3.36. The molecule has 2 aliphatic heterocycles. The van der Waals surface area contributed by atoms with Crippen LogP contribution in [0.5, 0.6) is 0 Å². The summed E-state index contributed by atoms with van der Waals surface area (Å²) in [5.41, 5.74) is 4.07. The molecule has 0 saturated carbocycles. The molecule has 1 fully saturated rings. The van der Waals surface area contributed by atoms with Crippen LogP contribution in [0.2, 0.25) is 5.02 Å². The molecule has 3 heterocycles. The molecule has 5 rings (SSSR count). The molecule has 28 heavy (non-hydrogen) atoms. The third-order valence-corrected chi connectivity index (χ3v) is 5.30. The second-order valence-corrected chi connectivity index (χ2v) is 7.20. The molecule has 1 amide bonds.